The van der Waals surface area contributed by atoms with Gasteiger partial charge in [-0.25, -0.2) is 0 Å². The van der Waals surface area contributed by atoms with Crippen LogP contribution in [0.2, 0.25) is 0 Å². The monoisotopic (exact) mass is 331 g/mol. The largest absolute Gasteiger partial charge is 0.484 e. The third-order valence-electron chi connectivity index (χ3n) is 4.92. The van der Waals surface area contributed by atoms with Crippen LogP contribution in [0, 0.1) is 5.92 Å². The fourth-order valence-electron chi connectivity index (χ4n) is 3.51. The van der Waals surface area contributed by atoms with Gasteiger partial charge in [-0.2, -0.15) is 0 Å². The Morgan fingerprint density at radius 3 is 2.83 bits per heavy atom. The first-order valence-electron chi connectivity index (χ1n) is 8.44. The molecule has 2 aliphatic rings. The molecule has 130 valence electrons. The Labute approximate surface area is 142 Å². The minimum absolute atomic E-state index is 0.0252. The van der Waals surface area contributed by atoms with E-state index in [4.69, 9.17) is 4.74 Å². The molecule has 1 aromatic rings. The lowest BCUT2D eigenvalue weighted by Crippen LogP contribution is -2.37. The van der Waals surface area contributed by atoms with Gasteiger partial charge in [0.05, 0.1) is 0 Å². The minimum atomic E-state index is 0.0252. The Hall–Kier alpha value is -2.08. The number of rotatable bonds is 4. The number of carbonyl (C=O) groups is 2. The van der Waals surface area contributed by atoms with Crippen LogP contribution in [-0.4, -0.2) is 61.4 Å². The highest BCUT2D eigenvalue weighted by Gasteiger charge is 2.33. The zero-order valence-corrected chi connectivity index (χ0v) is 14.5. The van der Waals surface area contributed by atoms with Crippen molar-refractivity contribution in [3.63, 3.8) is 0 Å². The molecule has 0 unspecified atom stereocenters. The molecule has 1 fully saturated rings. The van der Waals surface area contributed by atoms with Crippen LogP contribution in [0.15, 0.2) is 18.2 Å². The Bertz CT molecular complexity index is 644. The number of hydrogen-bond acceptors (Lipinski definition) is 4. The second-order valence-corrected chi connectivity index (χ2v) is 6.96. The predicted octanol–water partition coefficient (Wildman–Crippen LogP) is 1.36. The van der Waals surface area contributed by atoms with Crippen LogP contribution in [0.1, 0.15) is 18.9 Å². The maximum atomic E-state index is 12.4. The number of benzene rings is 1. The molecular formula is C18H25N3O3. The van der Waals surface area contributed by atoms with E-state index in [9.17, 15) is 9.59 Å². The van der Waals surface area contributed by atoms with Crippen molar-refractivity contribution < 1.29 is 14.3 Å². The molecule has 2 heterocycles. The number of hydrogen-bond donors (Lipinski definition) is 1. The van der Waals surface area contributed by atoms with E-state index in [0.717, 1.165) is 24.3 Å². The number of fused-ring (bicyclic) bond motifs is 1. The van der Waals surface area contributed by atoms with E-state index in [-0.39, 0.29) is 18.4 Å². The molecule has 6 heteroatoms. The lowest BCUT2D eigenvalue weighted by Gasteiger charge is -2.22. The Kier molecular flexibility index (Phi) is 4.76. The van der Waals surface area contributed by atoms with E-state index < -0.39 is 0 Å². The highest BCUT2D eigenvalue weighted by Crippen LogP contribution is 2.27. The molecule has 0 spiro atoms. The lowest BCUT2D eigenvalue weighted by molar-refractivity contribution is -0.132. The molecule has 0 aromatic heterocycles. The standard InChI is InChI=1S/C18H25N3O3/c1-12-9-21(10-16(12)20(2)3)18(23)11-24-14-5-6-15-13(8-14)4-7-17(22)19-15/h5-6,8,12,16H,4,7,9-11H2,1-3H3,(H,19,22)/t12-,16-/m0/s1. The van der Waals surface area contributed by atoms with Gasteiger partial charge in [0.25, 0.3) is 5.91 Å². The van der Waals surface area contributed by atoms with Crippen LogP contribution in [-0.2, 0) is 16.0 Å². The average Bonchev–Trinajstić information content (AvgIpc) is 2.94. The number of likely N-dealkylation sites (N-methyl/N-ethyl adjacent to an activating group) is 1. The summed E-state index contributed by atoms with van der Waals surface area (Å²) in [5.41, 5.74) is 1.90. The van der Waals surface area contributed by atoms with Crippen molar-refractivity contribution in [1.82, 2.24) is 9.80 Å². The first-order chi connectivity index (χ1) is 11.4. The van der Waals surface area contributed by atoms with Gasteiger partial charge in [0, 0.05) is 31.2 Å². The zero-order valence-electron chi connectivity index (χ0n) is 14.5. The van der Waals surface area contributed by atoms with Crippen molar-refractivity contribution in [2.24, 2.45) is 5.92 Å². The van der Waals surface area contributed by atoms with E-state index in [1.165, 1.54) is 0 Å². The highest BCUT2D eigenvalue weighted by atomic mass is 16.5. The molecule has 1 N–H and O–H groups in total. The molecule has 6 nitrogen and oxygen atoms in total. The van der Waals surface area contributed by atoms with Crippen LogP contribution >= 0.6 is 0 Å². The van der Waals surface area contributed by atoms with Gasteiger partial charge in [-0.05, 0) is 50.2 Å². The van der Waals surface area contributed by atoms with Gasteiger partial charge in [-0.15, -0.1) is 0 Å². The smallest absolute Gasteiger partial charge is 0.260 e. The third kappa shape index (κ3) is 3.53. The first-order valence-corrected chi connectivity index (χ1v) is 8.44. The van der Waals surface area contributed by atoms with Crippen LogP contribution < -0.4 is 10.1 Å². The summed E-state index contributed by atoms with van der Waals surface area (Å²) in [5, 5.41) is 2.84. The molecule has 2 amide bonds. The van der Waals surface area contributed by atoms with E-state index in [0.29, 0.717) is 30.6 Å². The number of aryl methyl sites for hydroxylation is 1. The molecule has 0 aliphatic carbocycles. The molecule has 1 saturated heterocycles. The first kappa shape index (κ1) is 16.8. The topological polar surface area (TPSA) is 61.9 Å². The molecular weight excluding hydrogens is 306 g/mol. The molecule has 1 aromatic carbocycles. The van der Waals surface area contributed by atoms with Crippen LogP contribution in [0.25, 0.3) is 0 Å². The van der Waals surface area contributed by atoms with Crippen molar-refractivity contribution in [2.75, 3.05) is 39.1 Å². The predicted molar refractivity (Wildman–Crippen MR) is 92.1 cm³/mol. The fraction of sp³-hybridized carbons (Fsp3) is 0.556. The number of ether oxygens (including phenoxy) is 1. The summed E-state index contributed by atoms with van der Waals surface area (Å²) in [6.45, 7) is 3.77. The average molecular weight is 331 g/mol. The quantitative estimate of drug-likeness (QED) is 0.905. The number of nitrogens with zero attached hydrogens (tertiary/aromatic N) is 2. The summed E-state index contributed by atoms with van der Waals surface area (Å²) in [5.74, 6) is 1.22. The van der Waals surface area contributed by atoms with E-state index >= 15 is 0 Å². The molecule has 0 bridgehead atoms. The molecule has 2 atom stereocenters. The molecule has 0 radical (unpaired) electrons. The van der Waals surface area contributed by atoms with Gasteiger partial charge in [-0.3, -0.25) is 9.59 Å². The van der Waals surface area contributed by atoms with Gasteiger partial charge in [0.2, 0.25) is 5.91 Å². The minimum Gasteiger partial charge on any atom is -0.484 e. The number of nitrogens with one attached hydrogen (secondary N) is 1. The fourth-order valence-corrected chi connectivity index (χ4v) is 3.51. The van der Waals surface area contributed by atoms with Gasteiger partial charge in [0.1, 0.15) is 5.75 Å². The lowest BCUT2D eigenvalue weighted by atomic mass is 10.0. The summed E-state index contributed by atoms with van der Waals surface area (Å²) in [6.07, 6.45) is 1.20. The number of carbonyl (C=O) groups excluding carboxylic acids is 2. The van der Waals surface area contributed by atoms with Gasteiger partial charge in [-0.1, -0.05) is 6.92 Å². The summed E-state index contributed by atoms with van der Waals surface area (Å²) in [7, 11) is 4.11. The van der Waals surface area contributed by atoms with Crippen molar-refractivity contribution in [3.8, 4) is 5.75 Å². The van der Waals surface area contributed by atoms with Gasteiger partial charge >= 0.3 is 0 Å². The summed E-state index contributed by atoms with van der Waals surface area (Å²) >= 11 is 0. The van der Waals surface area contributed by atoms with E-state index in [2.05, 4.69) is 31.2 Å². The van der Waals surface area contributed by atoms with Crippen molar-refractivity contribution in [2.45, 2.75) is 25.8 Å². The SMILES string of the molecule is C[C@H]1CN(C(=O)COc2ccc3c(c2)CCC(=O)N3)C[C@@H]1N(C)C. The van der Waals surface area contributed by atoms with Gasteiger partial charge in [0.15, 0.2) is 6.61 Å². The van der Waals surface area contributed by atoms with Crippen molar-refractivity contribution in [3.05, 3.63) is 23.8 Å². The normalized spacial score (nSPS) is 23.2. The summed E-state index contributed by atoms with van der Waals surface area (Å²) in [6, 6.07) is 5.96. The zero-order chi connectivity index (χ0) is 17.3. The van der Waals surface area contributed by atoms with Crippen LogP contribution in [0.5, 0.6) is 5.75 Å². The Morgan fingerprint density at radius 1 is 1.33 bits per heavy atom. The van der Waals surface area contributed by atoms with Crippen LogP contribution in [0.3, 0.4) is 0 Å². The Balaban J connectivity index is 1.56. The highest BCUT2D eigenvalue weighted by molar-refractivity contribution is 5.94. The summed E-state index contributed by atoms with van der Waals surface area (Å²) in [4.78, 5) is 27.8. The Morgan fingerprint density at radius 2 is 2.12 bits per heavy atom. The summed E-state index contributed by atoms with van der Waals surface area (Å²) < 4.78 is 5.69. The van der Waals surface area contributed by atoms with Gasteiger partial charge < -0.3 is 19.9 Å². The molecule has 0 saturated carbocycles. The molecule has 3 rings (SSSR count). The molecule has 2 aliphatic heterocycles. The number of amides is 2. The van der Waals surface area contributed by atoms with Crippen LogP contribution in [0.4, 0.5) is 5.69 Å². The van der Waals surface area contributed by atoms with Crippen molar-refractivity contribution in [1.29, 1.82) is 0 Å². The maximum Gasteiger partial charge on any atom is 0.260 e. The van der Waals surface area contributed by atoms with E-state index in [1.807, 2.05) is 17.0 Å². The second-order valence-electron chi connectivity index (χ2n) is 6.96. The second kappa shape index (κ2) is 6.81. The van der Waals surface area contributed by atoms with Crippen molar-refractivity contribution >= 4 is 17.5 Å². The third-order valence-corrected chi connectivity index (χ3v) is 4.92. The number of anilines is 1. The number of likely N-dealkylation sites (tertiary alicyclic amines) is 1. The molecule has 24 heavy (non-hydrogen) atoms. The maximum absolute atomic E-state index is 12.4. The van der Waals surface area contributed by atoms with E-state index in [1.54, 1.807) is 6.07 Å².